The second-order valence-electron chi connectivity index (χ2n) is 4.11. The van der Waals surface area contributed by atoms with Crippen LogP contribution >= 0.6 is 0 Å². The fourth-order valence-corrected chi connectivity index (χ4v) is 2.14. The van der Waals surface area contributed by atoms with Crippen LogP contribution in [0, 0.1) is 6.92 Å². The highest BCUT2D eigenvalue weighted by Crippen LogP contribution is 2.35. The molecule has 0 saturated heterocycles. The summed E-state index contributed by atoms with van der Waals surface area (Å²) in [6.45, 7) is 4.39. The van der Waals surface area contributed by atoms with Crippen molar-refractivity contribution in [2.24, 2.45) is 0 Å². The summed E-state index contributed by atoms with van der Waals surface area (Å²) in [6, 6.07) is 6.28. The van der Waals surface area contributed by atoms with E-state index in [2.05, 4.69) is 34.9 Å². The van der Waals surface area contributed by atoms with Gasteiger partial charge in [0.15, 0.2) is 0 Å². The van der Waals surface area contributed by atoms with Gasteiger partial charge >= 0.3 is 0 Å². The molecule has 1 aromatic rings. The van der Waals surface area contributed by atoms with Crippen LogP contribution in [0.15, 0.2) is 18.2 Å². The zero-order valence-electron chi connectivity index (χ0n) is 9.56. The maximum absolute atomic E-state index is 9.03. The van der Waals surface area contributed by atoms with E-state index in [1.54, 1.807) is 0 Å². The minimum absolute atomic E-state index is 0.153. The van der Waals surface area contributed by atoms with Gasteiger partial charge in [0.1, 0.15) is 0 Å². The van der Waals surface area contributed by atoms with Gasteiger partial charge in [-0.15, -0.1) is 0 Å². The van der Waals surface area contributed by atoms with Crippen molar-refractivity contribution in [2.45, 2.75) is 6.92 Å². The molecule has 0 aliphatic carbocycles. The molecular weight excluding hydrogens is 204 g/mol. The van der Waals surface area contributed by atoms with Crippen molar-refractivity contribution in [1.29, 1.82) is 0 Å². The standard InChI is InChI=1S/C12H18N2O2/c1-10-2-3-11-12(8-10)14(5-7-16)9-13(11)4-6-15/h2-3,8,15-16H,4-7,9H2,1H3. The largest absolute Gasteiger partial charge is 0.395 e. The first-order chi connectivity index (χ1) is 7.76. The second kappa shape index (κ2) is 4.72. The van der Waals surface area contributed by atoms with Gasteiger partial charge in [-0.2, -0.15) is 0 Å². The van der Waals surface area contributed by atoms with Gasteiger partial charge in [-0.05, 0) is 24.6 Å². The average Bonchev–Trinajstić information content (AvgIpc) is 2.58. The van der Waals surface area contributed by atoms with E-state index in [0.29, 0.717) is 13.1 Å². The van der Waals surface area contributed by atoms with Gasteiger partial charge in [0.05, 0.1) is 31.3 Å². The minimum Gasteiger partial charge on any atom is -0.395 e. The molecular formula is C12H18N2O2. The molecule has 0 spiro atoms. The molecule has 0 saturated carbocycles. The van der Waals surface area contributed by atoms with E-state index in [-0.39, 0.29) is 13.2 Å². The maximum Gasteiger partial charge on any atom is 0.0906 e. The third-order valence-electron chi connectivity index (χ3n) is 2.89. The van der Waals surface area contributed by atoms with Gasteiger partial charge < -0.3 is 20.0 Å². The molecule has 1 heterocycles. The Kier molecular flexibility index (Phi) is 3.31. The lowest BCUT2D eigenvalue weighted by Crippen LogP contribution is -2.34. The first-order valence-corrected chi connectivity index (χ1v) is 5.58. The summed E-state index contributed by atoms with van der Waals surface area (Å²) in [5.41, 5.74) is 3.52. The predicted molar refractivity (Wildman–Crippen MR) is 64.9 cm³/mol. The number of benzene rings is 1. The molecule has 0 bridgehead atoms. The van der Waals surface area contributed by atoms with Crippen LogP contribution < -0.4 is 9.80 Å². The smallest absolute Gasteiger partial charge is 0.0906 e. The summed E-state index contributed by atoms with van der Waals surface area (Å²) < 4.78 is 0. The van der Waals surface area contributed by atoms with Crippen LogP contribution in [0.5, 0.6) is 0 Å². The number of aliphatic hydroxyl groups excluding tert-OH is 2. The average molecular weight is 222 g/mol. The molecule has 0 aromatic heterocycles. The maximum atomic E-state index is 9.03. The van der Waals surface area contributed by atoms with Gasteiger partial charge in [-0.3, -0.25) is 0 Å². The number of fused-ring (bicyclic) bond motifs is 1. The Balaban J connectivity index is 2.29. The molecule has 2 rings (SSSR count). The van der Waals surface area contributed by atoms with Crippen LogP contribution in [0.2, 0.25) is 0 Å². The molecule has 1 aliphatic heterocycles. The predicted octanol–water partition coefficient (Wildman–Crippen LogP) is 0.564. The third-order valence-corrected chi connectivity index (χ3v) is 2.89. The van der Waals surface area contributed by atoms with Crippen molar-refractivity contribution in [2.75, 3.05) is 42.8 Å². The van der Waals surface area contributed by atoms with E-state index in [9.17, 15) is 0 Å². The molecule has 88 valence electrons. The van der Waals surface area contributed by atoms with Crippen molar-refractivity contribution in [1.82, 2.24) is 0 Å². The number of hydrogen-bond acceptors (Lipinski definition) is 4. The topological polar surface area (TPSA) is 46.9 Å². The highest BCUT2D eigenvalue weighted by molar-refractivity contribution is 5.76. The van der Waals surface area contributed by atoms with Gasteiger partial charge in [0, 0.05) is 13.1 Å². The number of aryl methyl sites for hydroxylation is 1. The van der Waals surface area contributed by atoms with Gasteiger partial charge in [0.25, 0.3) is 0 Å². The fourth-order valence-electron chi connectivity index (χ4n) is 2.14. The van der Waals surface area contributed by atoms with Crippen LogP contribution in [0.4, 0.5) is 11.4 Å². The van der Waals surface area contributed by atoms with Crippen molar-refractivity contribution >= 4 is 11.4 Å². The Morgan fingerprint density at radius 1 is 1.06 bits per heavy atom. The molecule has 1 aliphatic rings. The Bertz CT molecular complexity index is 368. The Labute approximate surface area is 95.7 Å². The summed E-state index contributed by atoms with van der Waals surface area (Å²) in [5, 5.41) is 18.0. The van der Waals surface area contributed by atoms with Gasteiger partial charge in [-0.25, -0.2) is 0 Å². The van der Waals surface area contributed by atoms with Crippen LogP contribution in [-0.2, 0) is 0 Å². The molecule has 0 radical (unpaired) electrons. The molecule has 16 heavy (non-hydrogen) atoms. The van der Waals surface area contributed by atoms with Gasteiger partial charge in [-0.1, -0.05) is 6.07 Å². The SMILES string of the molecule is Cc1ccc2c(c1)N(CCO)CN2CCO. The number of anilines is 2. The van der Waals surface area contributed by atoms with Crippen LogP contribution in [-0.4, -0.2) is 43.2 Å². The van der Waals surface area contributed by atoms with Crippen molar-refractivity contribution < 1.29 is 10.2 Å². The fraction of sp³-hybridized carbons (Fsp3) is 0.500. The normalized spacial score (nSPS) is 14.4. The monoisotopic (exact) mass is 222 g/mol. The molecule has 4 heteroatoms. The zero-order valence-corrected chi connectivity index (χ0v) is 9.56. The number of aliphatic hydroxyl groups is 2. The van der Waals surface area contributed by atoms with E-state index < -0.39 is 0 Å². The van der Waals surface area contributed by atoms with E-state index in [1.165, 1.54) is 5.56 Å². The third kappa shape index (κ3) is 1.99. The van der Waals surface area contributed by atoms with Crippen LogP contribution in [0.25, 0.3) is 0 Å². The Hall–Kier alpha value is -1.26. The highest BCUT2D eigenvalue weighted by atomic mass is 16.3. The van der Waals surface area contributed by atoms with Crippen molar-refractivity contribution in [3.05, 3.63) is 23.8 Å². The van der Waals surface area contributed by atoms with Crippen LogP contribution in [0.1, 0.15) is 5.56 Å². The Morgan fingerprint density at radius 2 is 1.69 bits per heavy atom. The second-order valence-corrected chi connectivity index (χ2v) is 4.11. The summed E-state index contributed by atoms with van der Waals surface area (Å²) in [7, 11) is 0. The molecule has 0 fully saturated rings. The molecule has 2 N–H and O–H groups in total. The lowest BCUT2D eigenvalue weighted by Gasteiger charge is -2.20. The Morgan fingerprint density at radius 3 is 2.31 bits per heavy atom. The molecule has 0 amide bonds. The minimum atomic E-state index is 0.153. The summed E-state index contributed by atoms with van der Waals surface area (Å²) >= 11 is 0. The summed E-state index contributed by atoms with van der Waals surface area (Å²) in [6.07, 6.45) is 0. The lowest BCUT2D eigenvalue weighted by molar-refractivity contribution is 0.297. The molecule has 0 atom stereocenters. The van der Waals surface area contributed by atoms with E-state index in [4.69, 9.17) is 10.2 Å². The number of β-amino-alcohol motifs (C(OH)–C–C–N with tert-alkyl or cyclic N) is 2. The first-order valence-electron chi connectivity index (χ1n) is 5.58. The summed E-state index contributed by atoms with van der Waals surface area (Å²) in [4.78, 5) is 4.27. The summed E-state index contributed by atoms with van der Waals surface area (Å²) in [5.74, 6) is 0. The number of hydrogen-bond donors (Lipinski definition) is 2. The number of nitrogens with zero attached hydrogens (tertiary/aromatic N) is 2. The quantitative estimate of drug-likeness (QED) is 0.781. The van der Waals surface area contributed by atoms with Gasteiger partial charge in [0.2, 0.25) is 0 Å². The zero-order chi connectivity index (χ0) is 11.5. The lowest BCUT2D eigenvalue weighted by atomic mass is 10.2. The molecule has 0 unspecified atom stereocenters. The first kappa shape index (κ1) is 11.2. The number of rotatable bonds is 4. The van der Waals surface area contributed by atoms with E-state index in [1.807, 2.05) is 0 Å². The van der Waals surface area contributed by atoms with Crippen LogP contribution in [0.3, 0.4) is 0 Å². The van der Waals surface area contributed by atoms with E-state index >= 15 is 0 Å². The van der Waals surface area contributed by atoms with E-state index in [0.717, 1.165) is 18.0 Å². The molecule has 4 nitrogen and oxygen atoms in total. The van der Waals surface area contributed by atoms with Crippen molar-refractivity contribution in [3.8, 4) is 0 Å². The van der Waals surface area contributed by atoms with Crippen molar-refractivity contribution in [3.63, 3.8) is 0 Å². The highest BCUT2D eigenvalue weighted by Gasteiger charge is 2.24. The molecule has 1 aromatic carbocycles.